The highest BCUT2D eigenvalue weighted by molar-refractivity contribution is 5.92. The molecule has 1 aliphatic rings. The fourth-order valence-corrected chi connectivity index (χ4v) is 1.69. The average Bonchev–Trinajstić information content (AvgIpc) is 2.66. The molecule has 0 unspecified atom stereocenters. The predicted octanol–water partition coefficient (Wildman–Crippen LogP) is 1.74. The van der Waals surface area contributed by atoms with Gasteiger partial charge in [0, 0.05) is 12.0 Å². The highest BCUT2D eigenvalue weighted by Gasteiger charge is 2.49. The minimum atomic E-state index is -0.137. The Kier molecular flexibility index (Phi) is 2.57. The first-order valence-electron chi connectivity index (χ1n) is 4.80. The van der Waals surface area contributed by atoms with Crippen LogP contribution in [0.4, 0.5) is 0 Å². The summed E-state index contributed by atoms with van der Waals surface area (Å²) in [5.41, 5.74) is -0.137. The number of ketones is 1. The topological polar surface area (TPSA) is 29.1 Å². The molecule has 12 heavy (non-hydrogen) atoms. The maximum Gasteiger partial charge on any atom is 0.155 e. The van der Waals surface area contributed by atoms with E-state index in [-0.39, 0.29) is 11.5 Å². The van der Waals surface area contributed by atoms with Crippen molar-refractivity contribution in [2.75, 3.05) is 0 Å². The van der Waals surface area contributed by atoms with E-state index in [9.17, 15) is 4.79 Å². The number of Topliss-reactive ketones (excluding diaryl/α,β-unsaturated/α-hetero) is 1. The van der Waals surface area contributed by atoms with E-state index in [1.165, 1.54) is 0 Å². The Morgan fingerprint density at radius 1 is 1.25 bits per heavy atom. The molecule has 0 saturated heterocycles. The Labute approximate surface area is 74.7 Å². The normalized spacial score (nSPS) is 20.2. The van der Waals surface area contributed by atoms with E-state index in [0.29, 0.717) is 11.8 Å². The summed E-state index contributed by atoms with van der Waals surface area (Å²) < 4.78 is 0. The Morgan fingerprint density at radius 2 is 1.75 bits per heavy atom. The molecule has 1 aliphatic carbocycles. The molecule has 0 aliphatic heterocycles. The van der Waals surface area contributed by atoms with Crippen LogP contribution in [0.25, 0.3) is 0 Å². The Morgan fingerprint density at radius 3 is 2.00 bits per heavy atom. The van der Waals surface area contributed by atoms with Crippen molar-refractivity contribution in [3.63, 3.8) is 0 Å². The molecular formula is C10H19NO. The molecule has 0 atom stereocenters. The predicted molar refractivity (Wildman–Crippen MR) is 50.1 cm³/mol. The highest BCUT2D eigenvalue weighted by atomic mass is 16.1. The van der Waals surface area contributed by atoms with Gasteiger partial charge in [0.15, 0.2) is 5.78 Å². The van der Waals surface area contributed by atoms with Gasteiger partial charge in [0.1, 0.15) is 0 Å². The van der Waals surface area contributed by atoms with Crippen molar-refractivity contribution in [1.29, 1.82) is 0 Å². The molecule has 2 nitrogen and oxygen atoms in total. The summed E-state index contributed by atoms with van der Waals surface area (Å²) in [5.74, 6) is 0.551. The van der Waals surface area contributed by atoms with Crippen LogP contribution in [0.1, 0.15) is 40.5 Å². The zero-order valence-corrected chi connectivity index (χ0v) is 8.48. The van der Waals surface area contributed by atoms with Gasteiger partial charge < -0.3 is 5.32 Å². The largest absolute Gasteiger partial charge is 0.303 e. The number of hydrogen-bond donors (Lipinski definition) is 1. The first kappa shape index (κ1) is 9.72. The third-order valence-electron chi connectivity index (χ3n) is 2.31. The Hall–Kier alpha value is -0.370. The van der Waals surface area contributed by atoms with Gasteiger partial charge in [-0.3, -0.25) is 4.79 Å². The van der Waals surface area contributed by atoms with Crippen molar-refractivity contribution >= 4 is 5.78 Å². The lowest BCUT2D eigenvalue weighted by atomic mass is 9.99. The van der Waals surface area contributed by atoms with Crippen LogP contribution < -0.4 is 5.32 Å². The quantitative estimate of drug-likeness (QED) is 0.694. The molecule has 1 N–H and O–H groups in total. The molecule has 2 heteroatoms. The van der Waals surface area contributed by atoms with Crippen LogP contribution in [0.5, 0.6) is 0 Å². The summed E-state index contributed by atoms with van der Waals surface area (Å²) in [5, 5.41) is 3.36. The van der Waals surface area contributed by atoms with Crippen molar-refractivity contribution in [2.24, 2.45) is 5.92 Å². The molecule has 0 amide bonds. The van der Waals surface area contributed by atoms with Crippen molar-refractivity contribution < 1.29 is 4.79 Å². The van der Waals surface area contributed by atoms with E-state index in [1.807, 2.05) is 13.8 Å². The molecule has 1 fully saturated rings. The fraction of sp³-hybridized carbons (Fsp3) is 0.900. The standard InChI is InChI=1S/C10H19NO/c1-7(2)9(12)10(5-6-10)11-8(3)4/h7-8,11H,5-6H2,1-4H3. The molecule has 1 saturated carbocycles. The Balaban J connectivity index is 2.54. The molecule has 0 heterocycles. The van der Waals surface area contributed by atoms with Gasteiger partial charge >= 0.3 is 0 Å². The molecule has 0 spiro atoms. The fourth-order valence-electron chi connectivity index (χ4n) is 1.69. The van der Waals surface area contributed by atoms with E-state index in [1.54, 1.807) is 0 Å². The van der Waals surface area contributed by atoms with Gasteiger partial charge in [-0.15, -0.1) is 0 Å². The maximum atomic E-state index is 11.7. The second kappa shape index (κ2) is 3.17. The lowest BCUT2D eigenvalue weighted by Crippen LogP contribution is -2.45. The lowest BCUT2D eigenvalue weighted by molar-refractivity contribution is -0.125. The van der Waals surface area contributed by atoms with E-state index in [2.05, 4.69) is 19.2 Å². The average molecular weight is 169 g/mol. The van der Waals surface area contributed by atoms with Crippen LogP contribution in [-0.2, 0) is 4.79 Å². The first-order valence-corrected chi connectivity index (χ1v) is 4.80. The van der Waals surface area contributed by atoms with E-state index < -0.39 is 0 Å². The molecular weight excluding hydrogens is 150 g/mol. The third kappa shape index (κ3) is 1.86. The Bertz CT molecular complexity index is 180. The van der Waals surface area contributed by atoms with Crippen LogP contribution in [0.2, 0.25) is 0 Å². The zero-order valence-electron chi connectivity index (χ0n) is 8.48. The van der Waals surface area contributed by atoms with E-state index in [0.717, 1.165) is 12.8 Å². The van der Waals surface area contributed by atoms with Crippen LogP contribution in [0.3, 0.4) is 0 Å². The maximum absolute atomic E-state index is 11.7. The van der Waals surface area contributed by atoms with Crippen LogP contribution >= 0.6 is 0 Å². The van der Waals surface area contributed by atoms with Crippen molar-refractivity contribution in [1.82, 2.24) is 5.32 Å². The first-order chi connectivity index (χ1) is 5.48. The summed E-state index contributed by atoms with van der Waals surface area (Å²) in [6.07, 6.45) is 2.06. The van der Waals surface area contributed by atoms with Crippen molar-refractivity contribution in [2.45, 2.75) is 52.1 Å². The number of hydrogen-bond acceptors (Lipinski definition) is 2. The third-order valence-corrected chi connectivity index (χ3v) is 2.31. The van der Waals surface area contributed by atoms with E-state index in [4.69, 9.17) is 0 Å². The van der Waals surface area contributed by atoms with Crippen LogP contribution in [-0.4, -0.2) is 17.4 Å². The summed E-state index contributed by atoms with van der Waals surface area (Å²) >= 11 is 0. The summed E-state index contributed by atoms with van der Waals surface area (Å²) in [6.45, 7) is 8.14. The van der Waals surface area contributed by atoms with Crippen LogP contribution in [0.15, 0.2) is 0 Å². The molecule has 0 aromatic heterocycles. The molecule has 0 aromatic rings. The van der Waals surface area contributed by atoms with Gasteiger partial charge in [0.2, 0.25) is 0 Å². The van der Waals surface area contributed by atoms with Gasteiger partial charge in [0.25, 0.3) is 0 Å². The number of carbonyl (C=O) groups excluding carboxylic acids is 1. The van der Waals surface area contributed by atoms with Crippen LogP contribution in [0, 0.1) is 5.92 Å². The van der Waals surface area contributed by atoms with Gasteiger partial charge in [-0.25, -0.2) is 0 Å². The number of nitrogens with one attached hydrogen (secondary N) is 1. The number of carbonyl (C=O) groups is 1. The summed E-state index contributed by atoms with van der Waals surface area (Å²) in [4.78, 5) is 11.7. The zero-order chi connectivity index (χ0) is 9.35. The monoisotopic (exact) mass is 169 g/mol. The SMILES string of the molecule is CC(C)NC1(C(=O)C(C)C)CC1. The van der Waals surface area contributed by atoms with Crippen molar-refractivity contribution in [3.8, 4) is 0 Å². The lowest BCUT2D eigenvalue weighted by Gasteiger charge is -2.20. The van der Waals surface area contributed by atoms with Crippen molar-refractivity contribution in [3.05, 3.63) is 0 Å². The molecule has 70 valence electrons. The second-order valence-corrected chi connectivity index (χ2v) is 4.40. The van der Waals surface area contributed by atoms with Gasteiger partial charge in [-0.2, -0.15) is 0 Å². The minimum Gasteiger partial charge on any atom is -0.303 e. The number of rotatable bonds is 4. The molecule has 0 bridgehead atoms. The smallest absolute Gasteiger partial charge is 0.155 e. The minimum absolute atomic E-state index is 0.137. The molecule has 1 rings (SSSR count). The summed E-state index contributed by atoms with van der Waals surface area (Å²) in [7, 11) is 0. The van der Waals surface area contributed by atoms with Gasteiger partial charge in [0.05, 0.1) is 5.54 Å². The molecule has 0 aromatic carbocycles. The van der Waals surface area contributed by atoms with Gasteiger partial charge in [-0.05, 0) is 26.7 Å². The molecule has 0 radical (unpaired) electrons. The second-order valence-electron chi connectivity index (χ2n) is 4.40. The summed E-state index contributed by atoms with van der Waals surface area (Å²) in [6, 6.07) is 0.412. The van der Waals surface area contributed by atoms with E-state index >= 15 is 0 Å². The van der Waals surface area contributed by atoms with Gasteiger partial charge in [-0.1, -0.05) is 13.8 Å². The highest BCUT2D eigenvalue weighted by Crippen LogP contribution is 2.38.